The number of halogens is 1. The molecule has 29 heavy (non-hydrogen) atoms. The van der Waals surface area contributed by atoms with Crippen molar-refractivity contribution in [1.29, 1.82) is 0 Å². The molecule has 0 aliphatic heterocycles. The van der Waals surface area contributed by atoms with E-state index in [0.717, 1.165) is 0 Å². The lowest BCUT2D eigenvalue weighted by molar-refractivity contribution is -0.142. The van der Waals surface area contributed by atoms with Crippen molar-refractivity contribution in [3.05, 3.63) is 54.4 Å². The predicted octanol–water partition coefficient (Wildman–Crippen LogP) is 3.92. The van der Waals surface area contributed by atoms with Crippen LogP contribution in [0.25, 0.3) is 5.69 Å². The number of carbonyl (C=O) groups is 1. The Morgan fingerprint density at radius 1 is 1.17 bits per heavy atom. The summed E-state index contributed by atoms with van der Waals surface area (Å²) in [7, 11) is 0. The molecule has 3 aromatic rings. The molecule has 2 aromatic heterocycles. The van der Waals surface area contributed by atoms with Crippen LogP contribution in [0.3, 0.4) is 0 Å². The van der Waals surface area contributed by atoms with Crippen molar-refractivity contribution in [2.75, 3.05) is 6.61 Å². The first-order valence-corrected chi connectivity index (χ1v) is 10.9. The molecule has 0 amide bonds. The summed E-state index contributed by atoms with van der Waals surface area (Å²) >= 11 is 2.70. The van der Waals surface area contributed by atoms with Crippen molar-refractivity contribution in [3.63, 3.8) is 0 Å². The summed E-state index contributed by atoms with van der Waals surface area (Å²) in [5, 5.41) is 9.33. The number of hydrogen-bond acceptors (Lipinski definition) is 8. The van der Waals surface area contributed by atoms with Crippen LogP contribution >= 0.6 is 23.5 Å². The minimum atomic E-state index is -0.406. The molecule has 0 unspecified atom stereocenters. The van der Waals surface area contributed by atoms with Crippen LogP contribution in [0.5, 0.6) is 0 Å². The van der Waals surface area contributed by atoms with Crippen LogP contribution in [0.2, 0.25) is 0 Å². The van der Waals surface area contributed by atoms with Gasteiger partial charge in [-0.3, -0.25) is 9.36 Å². The smallest absolute Gasteiger partial charge is 0.319 e. The van der Waals surface area contributed by atoms with Gasteiger partial charge in [0.05, 0.1) is 12.4 Å². The predicted molar refractivity (Wildman–Crippen MR) is 109 cm³/mol. The van der Waals surface area contributed by atoms with E-state index < -0.39 is 5.25 Å². The number of benzene rings is 1. The highest BCUT2D eigenvalue weighted by Gasteiger charge is 2.24. The number of carbonyl (C=O) groups excluding carboxylic acids is 1. The number of aromatic nitrogens is 5. The van der Waals surface area contributed by atoms with Gasteiger partial charge in [0.25, 0.3) is 0 Å². The average molecular weight is 434 g/mol. The Hall–Kier alpha value is -2.46. The number of thioether (sulfide) groups is 2. The van der Waals surface area contributed by atoms with E-state index in [1.54, 1.807) is 37.5 Å². The van der Waals surface area contributed by atoms with Crippen molar-refractivity contribution in [3.8, 4) is 5.69 Å². The summed E-state index contributed by atoms with van der Waals surface area (Å²) in [5.74, 6) is 0.491. The van der Waals surface area contributed by atoms with E-state index in [1.807, 2.05) is 11.5 Å². The highest BCUT2D eigenvalue weighted by Crippen LogP contribution is 2.30. The van der Waals surface area contributed by atoms with Crippen molar-refractivity contribution in [2.24, 2.45) is 0 Å². The van der Waals surface area contributed by atoms with Gasteiger partial charge in [-0.15, -0.1) is 10.2 Å². The van der Waals surface area contributed by atoms with Gasteiger partial charge in [-0.25, -0.2) is 14.4 Å². The highest BCUT2D eigenvalue weighted by atomic mass is 32.2. The molecule has 0 fully saturated rings. The van der Waals surface area contributed by atoms with E-state index in [1.165, 1.54) is 35.7 Å². The standard InChI is InChI=1S/C19H20FN5O2S2/c1-3-15(17(26)27-4-2)29-19-24-23-16(12-28-18-21-10-5-11-22-18)25(19)14-8-6-13(20)7-9-14/h5-11,15H,3-4,12H2,1-2H3/t15-/m1/s1. The van der Waals surface area contributed by atoms with Gasteiger partial charge in [-0.2, -0.15) is 0 Å². The summed E-state index contributed by atoms with van der Waals surface area (Å²) in [4.78, 5) is 20.6. The topological polar surface area (TPSA) is 82.8 Å². The van der Waals surface area contributed by atoms with Gasteiger partial charge in [0.1, 0.15) is 16.9 Å². The monoisotopic (exact) mass is 433 g/mol. The zero-order chi connectivity index (χ0) is 20.6. The molecule has 3 rings (SSSR count). The van der Waals surface area contributed by atoms with Crippen LogP contribution in [0.4, 0.5) is 4.39 Å². The van der Waals surface area contributed by atoms with Crippen LogP contribution in [-0.4, -0.2) is 42.6 Å². The summed E-state index contributed by atoms with van der Waals surface area (Å²) in [6, 6.07) is 7.82. The molecule has 1 atom stereocenters. The second-order valence-corrected chi connectivity index (χ2v) is 7.91. The molecule has 0 radical (unpaired) electrons. The molecule has 0 N–H and O–H groups in total. The molecule has 0 aliphatic carbocycles. The maximum atomic E-state index is 13.4. The first kappa shape index (κ1) is 21.3. The fraction of sp³-hybridized carbons (Fsp3) is 0.316. The van der Waals surface area contributed by atoms with Crippen LogP contribution < -0.4 is 0 Å². The number of hydrogen-bond donors (Lipinski definition) is 0. The Labute approximate surface area is 176 Å². The van der Waals surface area contributed by atoms with Gasteiger partial charge >= 0.3 is 5.97 Å². The van der Waals surface area contributed by atoms with E-state index in [-0.39, 0.29) is 11.8 Å². The molecule has 0 spiro atoms. The Bertz CT molecular complexity index is 938. The van der Waals surface area contributed by atoms with Gasteiger partial charge < -0.3 is 4.74 Å². The van der Waals surface area contributed by atoms with Gasteiger partial charge in [0, 0.05) is 18.1 Å². The fourth-order valence-corrected chi connectivity index (χ4v) is 4.17. The molecule has 7 nitrogen and oxygen atoms in total. The minimum Gasteiger partial charge on any atom is -0.465 e. The lowest BCUT2D eigenvalue weighted by Gasteiger charge is -2.14. The zero-order valence-corrected chi connectivity index (χ0v) is 17.6. The second-order valence-electron chi connectivity index (χ2n) is 5.80. The van der Waals surface area contributed by atoms with Crippen LogP contribution in [0.15, 0.2) is 53.0 Å². The lowest BCUT2D eigenvalue weighted by atomic mass is 10.3. The minimum absolute atomic E-state index is 0.290. The van der Waals surface area contributed by atoms with E-state index in [4.69, 9.17) is 4.74 Å². The Kier molecular flexibility index (Phi) is 7.59. The number of ether oxygens (including phenoxy) is 1. The van der Waals surface area contributed by atoms with Crippen molar-refractivity contribution in [1.82, 2.24) is 24.7 Å². The molecule has 0 saturated heterocycles. The van der Waals surface area contributed by atoms with E-state index >= 15 is 0 Å². The molecular formula is C19H20FN5O2S2. The third-order valence-corrected chi connectivity index (χ3v) is 5.98. The summed E-state index contributed by atoms with van der Waals surface area (Å²) < 4.78 is 20.4. The van der Waals surface area contributed by atoms with Crippen molar-refractivity contribution >= 4 is 29.5 Å². The van der Waals surface area contributed by atoms with Gasteiger partial charge in [-0.05, 0) is 43.7 Å². The van der Waals surface area contributed by atoms with Crippen LogP contribution in [0.1, 0.15) is 26.1 Å². The fourth-order valence-electron chi connectivity index (χ4n) is 2.47. The van der Waals surface area contributed by atoms with Gasteiger partial charge in [0.2, 0.25) is 0 Å². The lowest BCUT2D eigenvalue weighted by Crippen LogP contribution is -2.20. The Morgan fingerprint density at radius 2 is 1.90 bits per heavy atom. The molecule has 0 bridgehead atoms. The molecule has 2 heterocycles. The highest BCUT2D eigenvalue weighted by molar-refractivity contribution is 8.00. The maximum Gasteiger partial charge on any atom is 0.319 e. The third-order valence-electron chi connectivity index (χ3n) is 3.83. The summed E-state index contributed by atoms with van der Waals surface area (Å²) in [6.45, 7) is 4.01. The maximum absolute atomic E-state index is 13.4. The van der Waals surface area contributed by atoms with Crippen molar-refractivity contribution in [2.45, 2.75) is 41.6 Å². The average Bonchev–Trinajstić information content (AvgIpc) is 3.14. The van der Waals surface area contributed by atoms with Gasteiger partial charge in [-0.1, -0.05) is 30.4 Å². The Morgan fingerprint density at radius 3 is 2.55 bits per heavy atom. The van der Waals surface area contributed by atoms with E-state index in [9.17, 15) is 9.18 Å². The third kappa shape index (κ3) is 5.54. The normalized spacial score (nSPS) is 12.0. The SMILES string of the molecule is CCOC(=O)[C@@H](CC)Sc1nnc(CSc2ncccn2)n1-c1ccc(F)cc1. The van der Waals surface area contributed by atoms with Crippen LogP contribution in [0, 0.1) is 5.82 Å². The van der Waals surface area contributed by atoms with Crippen LogP contribution in [-0.2, 0) is 15.3 Å². The molecule has 0 aliphatic rings. The van der Waals surface area contributed by atoms with Gasteiger partial charge in [0.15, 0.2) is 10.3 Å². The first-order chi connectivity index (χ1) is 14.1. The van der Waals surface area contributed by atoms with E-state index in [0.29, 0.717) is 40.6 Å². The zero-order valence-electron chi connectivity index (χ0n) is 16.0. The summed E-state index contributed by atoms with van der Waals surface area (Å²) in [6.07, 6.45) is 3.93. The molecule has 1 aromatic carbocycles. The molecular weight excluding hydrogens is 413 g/mol. The molecule has 10 heteroatoms. The molecule has 0 saturated carbocycles. The summed E-state index contributed by atoms with van der Waals surface area (Å²) in [5.41, 5.74) is 0.710. The molecule has 152 valence electrons. The van der Waals surface area contributed by atoms with E-state index in [2.05, 4.69) is 20.2 Å². The quantitative estimate of drug-likeness (QED) is 0.285. The largest absolute Gasteiger partial charge is 0.465 e. The first-order valence-electron chi connectivity index (χ1n) is 9.05. The number of rotatable bonds is 9. The Balaban J connectivity index is 1.90. The number of esters is 1. The van der Waals surface area contributed by atoms with Crippen molar-refractivity contribution < 1.29 is 13.9 Å². The second kappa shape index (κ2) is 10.4. The number of nitrogens with zero attached hydrogens (tertiary/aromatic N) is 5.